The van der Waals surface area contributed by atoms with E-state index in [2.05, 4.69) is 15.5 Å². The first-order chi connectivity index (χ1) is 20.1. The monoisotopic (exact) mass is 628 g/mol. The van der Waals surface area contributed by atoms with Crippen molar-refractivity contribution in [2.24, 2.45) is 10.9 Å². The number of aromatic nitrogens is 2. The number of nitrogens with one attached hydrogen (secondary N) is 1. The van der Waals surface area contributed by atoms with Crippen molar-refractivity contribution in [2.75, 3.05) is 17.2 Å². The Morgan fingerprint density at radius 1 is 1.26 bits per heavy atom. The van der Waals surface area contributed by atoms with Crippen molar-refractivity contribution in [1.29, 1.82) is 0 Å². The second-order valence-electron chi connectivity index (χ2n) is 9.96. The number of carboxylic acids is 1. The molecule has 1 saturated heterocycles. The fraction of sp³-hybridized carbons (Fsp3) is 0.320. The third kappa shape index (κ3) is 4.62. The van der Waals surface area contributed by atoms with E-state index in [1.54, 1.807) is 0 Å². The maximum atomic E-state index is 13.4. The van der Waals surface area contributed by atoms with Gasteiger partial charge in [0, 0.05) is 28.2 Å². The Morgan fingerprint density at radius 2 is 2.05 bits per heavy atom. The molecule has 0 radical (unpaired) electrons. The van der Waals surface area contributed by atoms with E-state index in [-0.39, 0.29) is 34.5 Å². The first-order valence-corrected chi connectivity index (χ1v) is 15.5. The van der Waals surface area contributed by atoms with Crippen LogP contribution in [0.3, 0.4) is 0 Å². The lowest BCUT2D eigenvalue weighted by molar-refractivity contribution is -0.661. The average Bonchev–Trinajstić information content (AvgIpc) is 3.53. The fourth-order valence-corrected chi connectivity index (χ4v) is 7.84. The van der Waals surface area contributed by atoms with Crippen LogP contribution in [0.2, 0.25) is 0 Å². The Labute approximate surface area is 250 Å². The van der Waals surface area contributed by atoms with Crippen LogP contribution < -0.4 is 32.2 Å². The maximum absolute atomic E-state index is 13.4. The van der Waals surface area contributed by atoms with Crippen molar-refractivity contribution in [2.45, 2.75) is 42.8 Å². The van der Waals surface area contributed by atoms with Crippen molar-refractivity contribution in [3.8, 4) is 0 Å². The van der Waals surface area contributed by atoms with Gasteiger partial charge in [0.15, 0.2) is 23.6 Å². The van der Waals surface area contributed by atoms with Gasteiger partial charge >= 0.3 is 0 Å². The summed E-state index contributed by atoms with van der Waals surface area (Å²) in [7, 11) is 0. The molecule has 2 aliphatic heterocycles. The summed E-state index contributed by atoms with van der Waals surface area (Å²) in [6.45, 7) is 0.210. The molecular formula is C25H24N8O6S3. The van der Waals surface area contributed by atoms with Gasteiger partial charge in [0.2, 0.25) is 5.60 Å². The summed E-state index contributed by atoms with van der Waals surface area (Å²) in [5.74, 6) is -3.33. The minimum Gasteiger partial charge on any atom is -0.543 e. The zero-order chi connectivity index (χ0) is 29.8. The zero-order valence-electron chi connectivity index (χ0n) is 21.8. The van der Waals surface area contributed by atoms with Crippen LogP contribution in [0.15, 0.2) is 45.5 Å². The SMILES string of the molecule is NC(=O)C1(O/N=C(\C(=O)NC2C(=O)N3C(C(=O)[O-])=C(C[n+]4cccc5c(N)csc54)CS[C@H]23)c2csc(N)n2)CCC1. The summed E-state index contributed by atoms with van der Waals surface area (Å²) in [6, 6.07) is 2.65. The van der Waals surface area contributed by atoms with Gasteiger partial charge in [-0.1, -0.05) is 16.5 Å². The van der Waals surface area contributed by atoms with Crippen LogP contribution in [-0.2, 0) is 30.6 Å². The van der Waals surface area contributed by atoms with Crippen molar-refractivity contribution >= 4 is 84.9 Å². The van der Waals surface area contributed by atoms with Gasteiger partial charge in [0.25, 0.3) is 22.6 Å². The molecule has 17 heteroatoms. The number of hydrogen-bond acceptors (Lipinski definition) is 13. The van der Waals surface area contributed by atoms with Crippen LogP contribution in [0.25, 0.3) is 10.2 Å². The zero-order valence-corrected chi connectivity index (χ0v) is 24.2. The molecule has 3 aromatic heterocycles. The van der Waals surface area contributed by atoms with Gasteiger partial charge in [-0.3, -0.25) is 19.3 Å². The van der Waals surface area contributed by atoms with Gasteiger partial charge < -0.3 is 37.3 Å². The number of thioether (sulfide) groups is 1. The molecule has 3 amide bonds. The lowest BCUT2D eigenvalue weighted by atomic mass is 9.80. The van der Waals surface area contributed by atoms with E-state index in [1.165, 1.54) is 28.5 Å². The summed E-state index contributed by atoms with van der Waals surface area (Å²) in [5, 5.41) is 22.5. The van der Waals surface area contributed by atoms with Crippen LogP contribution in [0.4, 0.5) is 10.8 Å². The summed E-state index contributed by atoms with van der Waals surface area (Å²) in [4.78, 5) is 62.4. The Morgan fingerprint density at radius 3 is 2.69 bits per heavy atom. The number of fused-ring (bicyclic) bond motifs is 2. The second kappa shape index (κ2) is 10.6. The molecule has 1 unspecified atom stereocenters. The van der Waals surface area contributed by atoms with E-state index in [0.29, 0.717) is 30.5 Å². The molecule has 42 heavy (non-hydrogen) atoms. The number of pyridine rings is 1. The molecule has 2 atom stereocenters. The number of thiazole rings is 1. The lowest BCUT2D eigenvalue weighted by Gasteiger charge is -2.50. The number of thiophene rings is 1. The van der Waals surface area contributed by atoms with E-state index in [0.717, 1.165) is 26.5 Å². The molecule has 218 valence electrons. The highest BCUT2D eigenvalue weighted by Crippen LogP contribution is 2.40. The van der Waals surface area contributed by atoms with E-state index >= 15 is 0 Å². The summed E-state index contributed by atoms with van der Waals surface area (Å²) in [6.07, 6.45) is 3.22. The average molecular weight is 629 g/mol. The molecule has 7 N–H and O–H groups in total. The van der Waals surface area contributed by atoms with Crippen LogP contribution >= 0.6 is 34.4 Å². The number of nitrogens with two attached hydrogens (primary N) is 3. The number of carbonyl (C=O) groups is 4. The number of amides is 3. The smallest absolute Gasteiger partial charge is 0.276 e. The van der Waals surface area contributed by atoms with Crippen molar-refractivity contribution < 1.29 is 33.7 Å². The molecule has 3 aromatic rings. The van der Waals surface area contributed by atoms with Gasteiger partial charge in [-0.05, 0) is 25.3 Å². The van der Waals surface area contributed by atoms with Gasteiger partial charge in [-0.15, -0.1) is 23.1 Å². The Balaban J connectivity index is 1.23. The second-order valence-corrected chi connectivity index (χ2v) is 12.8. The standard InChI is InChI=1S/C25H24N8O6S3/c26-13-9-41-20-12(13)3-1-6-32(20)7-11-8-40-21-16(19(35)33(21)17(11)22(36)37)30-18(34)15(14-10-42-24(28)29-14)31-39-25(23(27)38)4-2-5-25/h1,3,6,9-10,16,21H,2,4-5,7-8,26H2,(H5-,27,28,29,30,34,36,37,38)/b31-15-/t16?,21-/m1/s1. The van der Waals surface area contributed by atoms with Gasteiger partial charge in [-0.2, -0.15) is 4.57 Å². The molecule has 0 bridgehead atoms. The minimum atomic E-state index is -1.49. The largest absolute Gasteiger partial charge is 0.543 e. The highest BCUT2D eigenvalue weighted by Gasteiger charge is 2.54. The number of aliphatic carboxylic acids is 1. The number of oxime groups is 1. The normalized spacial score (nSPS) is 21.4. The quantitative estimate of drug-likeness (QED) is 0.0983. The number of carboxylic acid groups (broad SMARTS) is 1. The lowest BCUT2D eigenvalue weighted by Crippen LogP contribution is -2.71. The molecule has 3 aliphatic rings. The third-order valence-corrected chi connectivity index (χ3v) is 10.5. The number of nitrogens with zero attached hydrogens (tertiary/aromatic N) is 4. The van der Waals surface area contributed by atoms with Crippen LogP contribution in [-0.4, -0.2) is 62.1 Å². The number of β-lactam (4-membered cyclic amide) rings is 1. The Kier molecular flexibility index (Phi) is 7.02. The minimum absolute atomic E-state index is 0.0897. The summed E-state index contributed by atoms with van der Waals surface area (Å²) in [5.41, 5.74) is 16.6. The summed E-state index contributed by atoms with van der Waals surface area (Å²) >= 11 is 3.81. The molecular weight excluding hydrogens is 605 g/mol. The Bertz CT molecular complexity index is 1710. The van der Waals surface area contributed by atoms with Gasteiger partial charge in [0.05, 0.1) is 22.7 Å². The maximum Gasteiger partial charge on any atom is 0.276 e. The Hall–Kier alpha value is -4.22. The number of anilines is 2. The van der Waals surface area contributed by atoms with Gasteiger partial charge in [0.1, 0.15) is 17.1 Å². The molecule has 0 aromatic carbocycles. The predicted molar refractivity (Wildman–Crippen MR) is 153 cm³/mol. The summed E-state index contributed by atoms with van der Waals surface area (Å²) < 4.78 is 1.88. The molecule has 0 spiro atoms. The van der Waals surface area contributed by atoms with Crippen LogP contribution in [0.5, 0.6) is 0 Å². The molecule has 5 heterocycles. The number of rotatable bonds is 9. The highest BCUT2D eigenvalue weighted by atomic mass is 32.2. The molecule has 1 aliphatic carbocycles. The van der Waals surface area contributed by atoms with Crippen molar-refractivity contribution in [3.63, 3.8) is 0 Å². The molecule has 2 fully saturated rings. The first kappa shape index (κ1) is 27.9. The van der Waals surface area contributed by atoms with E-state index in [1.807, 2.05) is 28.3 Å². The number of nitrogen functional groups attached to an aromatic ring is 2. The first-order valence-electron chi connectivity index (χ1n) is 12.7. The number of carbonyl (C=O) groups excluding carboxylic acids is 4. The van der Waals surface area contributed by atoms with Crippen molar-refractivity contribution in [1.82, 2.24) is 15.2 Å². The number of primary amides is 1. The molecule has 1 saturated carbocycles. The van der Waals surface area contributed by atoms with E-state index in [4.69, 9.17) is 22.0 Å². The van der Waals surface area contributed by atoms with Crippen LogP contribution in [0, 0.1) is 0 Å². The predicted octanol–water partition coefficient (Wildman–Crippen LogP) is -0.957. The fourth-order valence-electron chi connectivity index (χ4n) is 5.02. The highest BCUT2D eigenvalue weighted by molar-refractivity contribution is 8.00. The van der Waals surface area contributed by atoms with E-state index < -0.39 is 40.7 Å². The van der Waals surface area contributed by atoms with Crippen LogP contribution in [0.1, 0.15) is 25.0 Å². The number of hydrogen-bond donors (Lipinski definition) is 4. The third-order valence-electron chi connectivity index (χ3n) is 7.42. The van der Waals surface area contributed by atoms with Crippen molar-refractivity contribution in [3.05, 3.63) is 46.1 Å². The van der Waals surface area contributed by atoms with Gasteiger partial charge in [-0.25, -0.2) is 4.98 Å². The molecule has 6 rings (SSSR count). The molecule has 14 nitrogen and oxygen atoms in total. The van der Waals surface area contributed by atoms with E-state index in [9.17, 15) is 24.3 Å². The topological polar surface area (TPSA) is 223 Å².